The molecule has 1 amide bonds. The van der Waals surface area contributed by atoms with Crippen LogP contribution < -0.4 is 4.74 Å². The van der Waals surface area contributed by atoms with E-state index in [4.69, 9.17) is 9.47 Å². The Morgan fingerprint density at radius 2 is 2.00 bits per heavy atom. The molecule has 2 aromatic carbocycles. The Bertz CT molecular complexity index is 1020. The van der Waals surface area contributed by atoms with Crippen LogP contribution in [0.4, 0.5) is 0 Å². The Kier molecular flexibility index (Phi) is 8.63. The average Bonchev–Trinajstić information content (AvgIpc) is 3.21. The Morgan fingerprint density at radius 3 is 2.74 bits per heavy atom. The second-order valence-corrected chi connectivity index (χ2v) is 9.21. The van der Waals surface area contributed by atoms with Crippen LogP contribution in [0.15, 0.2) is 52.3 Å². The largest absolute Gasteiger partial charge is 0.486 e. The minimum Gasteiger partial charge on any atom is -0.486 e. The zero-order valence-corrected chi connectivity index (χ0v) is 20.5. The molecule has 0 saturated carbocycles. The van der Waals surface area contributed by atoms with Gasteiger partial charge in [-0.25, -0.2) is 4.98 Å². The van der Waals surface area contributed by atoms with E-state index in [0.717, 1.165) is 27.3 Å². The Balaban J connectivity index is 1.65. The van der Waals surface area contributed by atoms with Crippen molar-refractivity contribution >= 4 is 33.2 Å². The summed E-state index contributed by atoms with van der Waals surface area (Å²) in [4.78, 5) is 19.6. The number of halogens is 1. The summed E-state index contributed by atoms with van der Waals surface area (Å²) in [6, 6.07) is 13.5. The maximum atomic E-state index is 13.1. The first-order valence-corrected chi connectivity index (χ1v) is 11.8. The average molecular weight is 503 g/mol. The third-order valence-corrected chi connectivity index (χ3v) is 6.29. The molecule has 0 saturated heterocycles. The van der Waals surface area contributed by atoms with Crippen molar-refractivity contribution < 1.29 is 14.3 Å². The number of methoxy groups -OCH3 is 1. The van der Waals surface area contributed by atoms with Crippen molar-refractivity contribution in [2.75, 3.05) is 20.3 Å². The van der Waals surface area contributed by atoms with Gasteiger partial charge in [0.15, 0.2) is 0 Å². The molecule has 0 fully saturated rings. The molecule has 0 aliphatic rings. The summed E-state index contributed by atoms with van der Waals surface area (Å²) in [5, 5.41) is 2.89. The molecule has 31 heavy (non-hydrogen) atoms. The van der Waals surface area contributed by atoms with Crippen LogP contribution in [0.1, 0.15) is 38.6 Å². The molecule has 7 heteroatoms. The lowest BCUT2D eigenvalue weighted by molar-refractivity contribution is 0.0721. The lowest BCUT2D eigenvalue weighted by Crippen LogP contribution is -2.32. The molecule has 0 spiro atoms. The number of rotatable bonds is 10. The van der Waals surface area contributed by atoms with E-state index in [9.17, 15) is 4.79 Å². The topological polar surface area (TPSA) is 51.7 Å². The fourth-order valence-electron chi connectivity index (χ4n) is 3.09. The van der Waals surface area contributed by atoms with Gasteiger partial charge in [-0.1, -0.05) is 28.1 Å². The first-order valence-electron chi connectivity index (χ1n) is 10.1. The summed E-state index contributed by atoms with van der Waals surface area (Å²) in [6.07, 6.45) is 0.767. The van der Waals surface area contributed by atoms with Crippen molar-refractivity contribution in [2.24, 2.45) is 0 Å². The number of aromatic nitrogens is 1. The van der Waals surface area contributed by atoms with Crippen LogP contribution in [0, 0.1) is 13.8 Å². The van der Waals surface area contributed by atoms with Gasteiger partial charge in [0.05, 0.1) is 12.2 Å². The van der Waals surface area contributed by atoms with Crippen molar-refractivity contribution in [3.63, 3.8) is 0 Å². The first kappa shape index (κ1) is 23.4. The summed E-state index contributed by atoms with van der Waals surface area (Å²) in [5.41, 5.74) is 3.97. The van der Waals surface area contributed by atoms with E-state index in [1.54, 1.807) is 18.4 Å². The molecule has 0 unspecified atom stereocenters. The molecule has 164 valence electrons. The Labute approximate surface area is 196 Å². The minimum atomic E-state index is -0.0154. The monoisotopic (exact) mass is 502 g/mol. The quantitative estimate of drug-likeness (QED) is 0.329. The Hall–Kier alpha value is -2.22. The predicted molar refractivity (Wildman–Crippen MR) is 128 cm³/mol. The number of hydrogen-bond donors (Lipinski definition) is 0. The molecule has 0 bridgehead atoms. The van der Waals surface area contributed by atoms with Crippen molar-refractivity contribution in [1.82, 2.24) is 9.88 Å². The second kappa shape index (κ2) is 11.4. The van der Waals surface area contributed by atoms with Gasteiger partial charge in [0.2, 0.25) is 0 Å². The molecule has 0 N–H and O–H groups in total. The number of hydrogen-bond acceptors (Lipinski definition) is 5. The van der Waals surface area contributed by atoms with Crippen molar-refractivity contribution in [2.45, 2.75) is 33.4 Å². The highest BCUT2D eigenvalue weighted by Gasteiger charge is 2.18. The maximum absolute atomic E-state index is 13.1. The fourth-order valence-corrected chi connectivity index (χ4v) is 4.18. The van der Waals surface area contributed by atoms with Crippen molar-refractivity contribution in [1.29, 1.82) is 0 Å². The molecule has 0 aliphatic heterocycles. The lowest BCUT2D eigenvalue weighted by Gasteiger charge is -2.22. The molecule has 0 radical (unpaired) electrons. The highest BCUT2D eigenvalue weighted by molar-refractivity contribution is 9.10. The van der Waals surface area contributed by atoms with Crippen LogP contribution in [0.25, 0.3) is 0 Å². The van der Waals surface area contributed by atoms with E-state index in [0.29, 0.717) is 31.9 Å². The number of benzene rings is 2. The minimum absolute atomic E-state index is 0.0154. The van der Waals surface area contributed by atoms with Crippen LogP contribution >= 0.6 is 27.3 Å². The summed E-state index contributed by atoms with van der Waals surface area (Å²) >= 11 is 4.99. The van der Waals surface area contributed by atoms with Gasteiger partial charge in [0.25, 0.3) is 5.91 Å². The van der Waals surface area contributed by atoms with Gasteiger partial charge in [-0.2, -0.15) is 0 Å². The standard InChI is InChI=1S/C24H27BrN2O3S/c1-17-8-9-22(12-18(17)2)30-15-23-26-21(16-31-23)14-27(10-5-11-29-3)24(28)19-6-4-7-20(25)13-19/h4,6-9,12-13,16H,5,10-11,14-15H2,1-3H3. The van der Waals surface area contributed by atoms with E-state index >= 15 is 0 Å². The SMILES string of the molecule is COCCCN(Cc1csc(COc2ccc(C)c(C)c2)n1)C(=O)c1cccc(Br)c1. The highest BCUT2D eigenvalue weighted by atomic mass is 79.9. The second-order valence-electron chi connectivity index (χ2n) is 7.35. The molecule has 1 aromatic heterocycles. The molecule has 3 rings (SSSR count). The number of thiazole rings is 1. The van der Waals surface area contributed by atoms with Gasteiger partial charge >= 0.3 is 0 Å². The third kappa shape index (κ3) is 6.89. The van der Waals surface area contributed by atoms with Crippen LogP contribution in [0.5, 0.6) is 5.75 Å². The zero-order chi connectivity index (χ0) is 22.2. The normalized spacial score (nSPS) is 10.8. The van der Waals surface area contributed by atoms with E-state index in [-0.39, 0.29) is 5.91 Å². The molecule has 5 nitrogen and oxygen atoms in total. The van der Waals surface area contributed by atoms with Gasteiger partial charge in [-0.15, -0.1) is 11.3 Å². The van der Waals surface area contributed by atoms with Gasteiger partial charge in [-0.05, 0) is 61.7 Å². The number of amides is 1. The number of nitrogens with zero attached hydrogens (tertiary/aromatic N) is 2. The fraction of sp³-hybridized carbons (Fsp3) is 0.333. The first-order chi connectivity index (χ1) is 15.0. The molecule has 1 heterocycles. The van der Waals surface area contributed by atoms with E-state index in [1.165, 1.54) is 11.1 Å². The molecular formula is C24H27BrN2O3S. The summed E-state index contributed by atoms with van der Waals surface area (Å²) in [6.45, 7) is 6.23. The predicted octanol–water partition coefficient (Wildman–Crippen LogP) is 5.78. The molecule has 0 aliphatic carbocycles. The van der Waals surface area contributed by atoms with E-state index in [1.807, 2.05) is 46.7 Å². The molecule has 0 atom stereocenters. The Morgan fingerprint density at radius 1 is 1.16 bits per heavy atom. The third-order valence-electron chi connectivity index (χ3n) is 4.93. The van der Waals surface area contributed by atoms with Crippen LogP contribution in [-0.4, -0.2) is 36.1 Å². The zero-order valence-electron chi connectivity index (χ0n) is 18.1. The highest BCUT2D eigenvalue weighted by Crippen LogP contribution is 2.20. The van der Waals surface area contributed by atoms with Gasteiger partial charge in [-0.3, -0.25) is 4.79 Å². The maximum Gasteiger partial charge on any atom is 0.254 e. The van der Waals surface area contributed by atoms with Gasteiger partial charge in [0.1, 0.15) is 17.4 Å². The van der Waals surface area contributed by atoms with Crippen LogP contribution in [0.3, 0.4) is 0 Å². The summed E-state index contributed by atoms with van der Waals surface area (Å²) in [5.74, 6) is 0.823. The van der Waals surface area contributed by atoms with E-state index in [2.05, 4.69) is 40.8 Å². The molecule has 3 aromatic rings. The number of carbonyl (C=O) groups excluding carboxylic acids is 1. The number of ether oxygens (including phenoxy) is 2. The smallest absolute Gasteiger partial charge is 0.254 e. The van der Waals surface area contributed by atoms with Gasteiger partial charge in [0, 0.05) is 35.7 Å². The van der Waals surface area contributed by atoms with Crippen LogP contribution in [-0.2, 0) is 17.9 Å². The van der Waals surface area contributed by atoms with Gasteiger partial charge < -0.3 is 14.4 Å². The van der Waals surface area contributed by atoms with Crippen molar-refractivity contribution in [3.05, 3.63) is 79.7 Å². The van der Waals surface area contributed by atoms with Crippen molar-refractivity contribution in [3.8, 4) is 5.75 Å². The number of carbonyl (C=O) groups is 1. The number of aryl methyl sites for hydroxylation is 2. The molecular weight excluding hydrogens is 476 g/mol. The van der Waals surface area contributed by atoms with E-state index < -0.39 is 0 Å². The lowest BCUT2D eigenvalue weighted by atomic mass is 10.1. The summed E-state index contributed by atoms with van der Waals surface area (Å²) < 4.78 is 12.0. The van der Waals surface area contributed by atoms with Crippen LogP contribution in [0.2, 0.25) is 0 Å². The summed E-state index contributed by atoms with van der Waals surface area (Å²) in [7, 11) is 1.67.